The Morgan fingerprint density at radius 1 is 1.08 bits per heavy atom. The second-order valence-corrected chi connectivity index (χ2v) is 8.62. The minimum atomic E-state index is -3.29. The highest BCUT2D eigenvalue weighted by molar-refractivity contribution is 7.94. The zero-order valence-electron chi connectivity index (χ0n) is 13.9. The molecule has 0 aliphatic carbocycles. The molecule has 6 heteroatoms. The summed E-state index contributed by atoms with van der Waals surface area (Å²) in [5.74, 6) is -0.354. The van der Waals surface area contributed by atoms with Crippen molar-refractivity contribution in [1.82, 2.24) is 0 Å². The number of sulfone groups is 1. The molecule has 0 saturated heterocycles. The van der Waals surface area contributed by atoms with Gasteiger partial charge in [-0.15, -0.1) is 0 Å². The van der Waals surface area contributed by atoms with Gasteiger partial charge in [0.25, 0.3) is 5.91 Å². The van der Waals surface area contributed by atoms with E-state index in [1.165, 1.54) is 10.3 Å². The minimum absolute atomic E-state index is 0.119. The maximum absolute atomic E-state index is 13.2. The monoisotopic (exact) mass is 375 g/mol. The number of carbonyl (C=O) groups is 1. The smallest absolute Gasteiger partial charge is 0.258 e. The summed E-state index contributed by atoms with van der Waals surface area (Å²) in [5, 5.41) is 1.73. The van der Waals surface area contributed by atoms with Gasteiger partial charge in [-0.3, -0.25) is 4.79 Å². The van der Waals surface area contributed by atoms with Gasteiger partial charge in [0.1, 0.15) is 0 Å². The predicted molar refractivity (Wildman–Crippen MR) is 101 cm³/mol. The fourth-order valence-corrected chi connectivity index (χ4v) is 4.41. The number of rotatable bonds is 3. The van der Waals surface area contributed by atoms with Gasteiger partial charge in [-0.05, 0) is 56.3 Å². The molecular weight excluding hydrogens is 358 g/mol. The summed E-state index contributed by atoms with van der Waals surface area (Å²) in [6.07, 6.45) is 1.56. The van der Waals surface area contributed by atoms with E-state index in [0.717, 1.165) is 11.1 Å². The maximum atomic E-state index is 13.2. The van der Waals surface area contributed by atoms with Gasteiger partial charge in [0.2, 0.25) is 0 Å². The Bertz CT molecular complexity index is 929. The van der Waals surface area contributed by atoms with Crippen molar-refractivity contribution in [3.05, 3.63) is 75.7 Å². The lowest BCUT2D eigenvalue weighted by atomic mass is 10.1. The van der Waals surface area contributed by atoms with Crippen LogP contribution in [0.3, 0.4) is 0 Å². The van der Waals surface area contributed by atoms with Crippen LogP contribution in [0.25, 0.3) is 0 Å². The molecule has 0 fully saturated rings. The van der Waals surface area contributed by atoms with Gasteiger partial charge in [-0.1, -0.05) is 28.8 Å². The van der Waals surface area contributed by atoms with Gasteiger partial charge in [0.15, 0.2) is 9.84 Å². The Morgan fingerprint density at radius 2 is 1.68 bits per heavy atom. The highest BCUT2D eigenvalue weighted by Crippen LogP contribution is 2.27. The number of anilines is 1. The molecule has 1 aliphatic heterocycles. The highest BCUT2D eigenvalue weighted by atomic mass is 35.5. The summed E-state index contributed by atoms with van der Waals surface area (Å²) < 4.78 is 23.7. The Kier molecular flexibility index (Phi) is 4.71. The molecule has 1 heterocycles. The third-order valence-corrected chi connectivity index (χ3v) is 5.66. The summed E-state index contributed by atoms with van der Waals surface area (Å²) in [7, 11) is -3.29. The topological polar surface area (TPSA) is 54.5 Å². The summed E-state index contributed by atoms with van der Waals surface area (Å²) >= 11 is 5.95. The molecule has 3 rings (SSSR count). The van der Waals surface area contributed by atoms with Crippen molar-refractivity contribution in [2.45, 2.75) is 19.9 Å². The van der Waals surface area contributed by atoms with Crippen molar-refractivity contribution in [3.8, 4) is 0 Å². The quantitative estimate of drug-likeness (QED) is 0.817. The van der Waals surface area contributed by atoms with Gasteiger partial charge in [0, 0.05) is 21.7 Å². The SMILES string of the molecule is Cc1cc(C)cc(C(=O)N(c2ccc(Cl)cc2)C2C=CS(=O)(=O)C2)c1. The van der Waals surface area contributed by atoms with E-state index in [0.29, 0.717) is 16.3 Å². The standard InChI is InChI=1S/C19H18ClNO3S/c1-13-9-14(2)11-15(10-13)19(22)21(17-5-3-16(20)4-6-17)18-7-8-25(23,24)12-18/h3-11,18H,12H2,1-2H3. The molecular formula is C19H18ClNO3S. The third kappa shape index (κ3) is 3.94. The normalized spacial score (nSPS) is 18.3. The number of hydrogen-bond donors (Lipinski definition) is 0. The van der Waals surface area contributed by atoms with Crippen LogP contribution in [0.15, 0.2) is 53.9 Å². The zero-order chi connectivity index (χ0) is 18.2. The molecule has 2 aromatic carbocycles. The molecule has 0 radical (unpaired) electrons. The number of hydrogen-bond acceptors (Lipinski definition) is 3. The van der Waals surface area contributed by atoms with Crippen LogP contribution < -0.4 is 4.90 Å². The lowest BCUT2D eigenvalue weighted by Gasteiger charge is -2.28. The van der Waals surface area contributed by atoms with Gasteiger partial charge < -0.3 is 4.90 Å². The first-order chi connectivity index (χ1) is 11.7. The molecule has 25 heavy (non-hydrogen) atoms. The Hall–Kier alpha value is -2.11. The molecule has 0 aromatic heterocycles. The molecule has 0 N–H and O–H groups in total. The average Bonchev–Trinajstić information content (AvgIpc) is 2.88. The molecule has 130 valence electrons. The molecule has 4 nitrogen and oxygen atoms in total. The van der Waals surface area contributed by atoms with Crippen LogP contribution in [-0.4, -0.2) is 26.1 Å². The van der Waals surface area contributed by atoms with E-state index in [1.807, 2.05) is 32.0 Å². The number of aryl methyl sites for hydroxylation is 2. The van der Waals surface area contributed by atoms with E-state index in [2.05, 4.69) is 0 Å². The Balaban J connectivity index is 2.06. The van der Waals surface area contributed by atoms with Crippen molar-refractivity contribution in [2.75, 3.05) is 10.7 Å². The largest absolute Gasteiger partial charge is 0.300 e. The van der Waals surface area contributed by atoms with Crippen molar-refractivity contribution in [3.63, 3.8) is 0 Å². The summed E-state index contributed by atoms with van der Waals surface area (Å²) in [5.41, 5.74) is 3.11. The molecule has 1 aliphatic rings. The van der Waals surface area contributed by atoms with E-state index in [1.54, 1.807) is 30.3 Å². The first-order valence-electron chi connectivity index (χ1n) is 7.83. The van der Waals surface area contributed by atoms with Crippen molar-refractivity contribution >= 4 is 33.0 Å². The zero-order valence-corrected chi connectivity index (χ0v) is 15.5. The molecule has 1 unspecified atom stereocenters. The van der Waals surface area contributed by atoms with Crippen LogP contribution in [0.1, 0.15) is 21.5 Å². The highest BCUT2D eigenvalue weighted by Gasteiger charge is 2.32. The maximum Gasteiger partial charge on any atom is 0.258 e. The second-order valence-electron chi connectivity index (χ2n) is 6.25. The summed E-state index contributed by atoms with van der Waals surface area (Å²) in [6.45, 7) is 3.85. The molecule has 1 atom stereocenters. The van der Waals surface area contributed by atoms with E-state index in [9.17, 15) is 13.2 Å². The fourth-order valence-electron chi connectivity index (χ4n) is 3.02. The van der Waals surface area contributed by atoms with E-state index in [4.69, 9.17) is 11.6 Å². The molecule has 0 bridgehead atoms. The van der Waals surface area contributed by atoms with Crippen LogP contribution in [0.2, 0.25) is 5.02 Å². The lowest BCUT2D eigenvalue weighted by Crippen LogP contribution is -2.41. The first-order valence-corrected chi connectivity index (χ1v) is 9.93. The number of halogens is 1. The first kappa shape index (κ1) is 17.7. The summed E-state index contributed by atoms with van der Waals surface area (Å²) in [4.78, 5) is 14.7. The number of nitrogens with zero attached hydrogens (tertiary/aromatic N) is 1. The van der Waals surface area contributed by atoms with E-state index < -0.39 is 15.9 Å². The van der Waals surface area contributed by atoms with Crippen LogP contribution in [0, 0.1) is 13.8 Å². The Morgan fingerprint density at radius 3 is 2.20 bits per heavy atom. The summed E-state index contributed by atoms with van der Waals surface area (Å²) in [6, 6.07) is 11.9. The molecule has 0 spiro atoms. The molecule has 0 saturated carbocycles. The number of carbonyl (C=O) groups excluding carboxylic acids is 1. The van der Waals surface area contributed by atoms with Gasteiger partial charge >= 0.3 is 0 Å². The van der Waals surface area contributed by atoms with Crippen molar-refractivity contribution in [2.24, 2.45) is 0 Å². The third-order valence-electron chi connectivity index (χ3n) is 4.04. The van der Waals surface area contributed by atoms with Gasteiger partial charge in [0.05, 0.1) is 11.8 Å². The number of benzene rings is 2. The minimum Gasteiger partial charge on any atom is -0.300 e. The van der Waals surface area contributed by atoms with Crippen molar-refractivity contribution in [1.29, 1.82) is 0 Å². The predicted octanol–water partition coefficient (Wildman–Crippen LogP) is 3.91. The fraction of sp³-hybridized carbons (Fsp3) is 0.211. The van der Waals surface area contributed by atoms with Crippen LogP contribution >= 0.6 is 11.6 Å². The van der Waals surface area contributed by atoms with Crippen molar-refractivity contribution < 1.29 is 13.2 Å². The van der Waals surface area contributed by atoms with Crippen LogP contribution in [0.5, 0.6) is 0 Å². The average molecular weight is 376 g/mol. The second kappa shape index (κ2) is 6.65. The van der Waals surface area contributed by atoms with Gasteiger partial charge in [-0.25, -0.2) is 8.42 Å². The van der Waals surface area contributed by atoms with Crippen LogP contribution in [-0.2, 0) is 9.84 Å². The number of amides is 1. The van der Waals surface area contributed by atoms with Crippen LogP contribution in [0.4, 0.5) is 5.69 Å². The lowest BCUT2D eigenvalue weighted by molar-refractivity contribution is 0.0983. The molecule has 2 aromatic rings. The molecule has 1 amide bonds. The van der Waals surface area contributed by atoms with E-state index in [-0.39, 0.29) is 11.7 Å². The van der Waals surface area contributed by atoms with Gasteiger partial charge in [-0.2, -0.15) is 0 Å². The van der Waals surface area contributed by atoms with E-state index >= 15 is 0 Å². The Labute approximate surface area is 152 Å².